The third-order valence-corrected chi connectivity index (χ3v) is 3.66. The number of aromatic nitrogens is 1. The van der Waals surface area contributed by atoms with Gasteiger partial charge in [0.15, 0.2) is 0 Å². The lowest BCUT2D eigenvalue weighted by atomic mass is 10.0. The van der Waals surface area contributed by atoms with Gasteiger partial charge in [0.25, 0.3) is 0 Å². The molecule has 2 rings (SSSR count). The zero-order valence-corrected chi connectivity index (χ0v) is 13.3. The number of aryl methyl sites for hydroxylation is 1. The van der Waals surface area contributed by atoms with Gasteiger partial charge in [-0.15, -0.1) is 0 Å². The number of carbonyl (C=O) groups excluding carboxylic acids is 1. The smallest absolute Gasteiger partial charge is 0.326 e. The Labute approximate surface area is 134 Å². The number of benzene rings is 1. The Bertz CT molecular complexity index is 709. The molecule has 0 unspecified atom stereocenters. The molecule has 0 spiro atoms. The predicted molar refractivity (Wildman–Crippen MR) is 85.5 cm³/mol. The lowest BCUT2D eigenvalue weighted by Crippen LogP contribution is -2.41. The largest absolute Gasteiger partial charge is 0.480 e. The maximum Gasteiger partial charge on any atom is 0.326 e. The van der Waals surface area contributed by atoms with Crippen molar-refractivity contribution in [1.29, 1.82) is 0 Å². The number of amides is 1. The Hall–Kier alpha value is -2.37. The van der Waals surface area contributed by atoms with E-state index in [9.17, 15) is 14.0 Å². The molecule has 0 saturated heterocycles. The fourth-order valence-corrected chi connectivity index (χ4v) is 2.53. The predicted octanol–water partition coefficient (Wildman–Crippen LogP) is 2.79. The first-order valence-corrected chi connectivity index (χ1v) is 7.63. The number of fused-ring (bicyclic) bond motifs is 1. The van der Waals surface area contributed by atoms with E-state index >= 15 is 0 Å². The van der Waals surface area contributed by atoms with Gasteiger partial charge in [-0.25, -0.2) is 9.18 Å². The number of nitrogens with zero attached hydrogens (tertiary/aromatic N) is 1. The van der Waals surface area contributed by atoms with Crippen LogP contribution in [0.15, 0.2) is 30.5 Å². The molecule has 0 aliphatic heterocycles. The lowest BCUT2D eigenvalue weighted by Gasteiger charge is -2.16. The maximum atomic E-state index is 13.3. The van der Waals surface area contributed by atoms with Crippen molar-refractivity contribution in [2.75, 3.05) is 0 Å². The first-order chi connectivity index (χ1) is 10.9. The van der Waals surface area contributed by atoms with E-state index in [0.717, 1.165) is 10.9 Å². The molecule has 0 bridgehead atoms. The van der Waals surface area contributed by atoms with E-state index in [0.29, 0.717) is 13.0 Å². The molecule has 124 valence electrons. The van der Waals surface area contributed by atoms with Crippen LogP contribution in [0, 0.1) is 11.7 Å². The highest BCUT2D eigenvalue weighted by Gasteiger charge is 2.20. The van der Waals surface area contributed by atoms with Crippen molar-refractivity contribution in [3.8, 4) is 0 Å². The molecular weight excluding hydrogens is 299 g/mol. The Morgan fingerprint density at radius 2 is 2.04 bits per heavy atom. The third kappa shape index (κ3) is 4.55. The summed E-state index contributed by atoms with van der Waals surface area (Å²) in [7, 11) is 0. The standard InChI is InChI=1S/C17H21FN2O3/c1-11(2)9-14(17(22)23)19-16(21)6-8-20-7-5-12-3-4-13(18)10-15(12)20/h3-5,7,10-11,14H,6,8-9H2,1-2H3,(H,19,21)(H,22,23)/t14-/m0/s1. The summed E-state index contributed by atoms with van der Waals surface area (Å²) in [6.45, 7) is 4.18. The summed E-state index contributed by atoms with van der Waals surface area (Å²) in [5.41, 5.74) is 0.717. The summed E-state index contributed by atoms with van der Waals surface area (Å²) < 4.78 is 15.1. The molecule has 1 aromatic heterocycles. The van der Waals surface area contributed by atoms with Gasteiger partial charge in [0, 0.05) is 19.2 Å². The zero-order chi connectivity index (χ0) is 17.0. The summed E-state index contributed by atoms with van der Waals surface area (Å²) in [5, 5.41) is 12.6. The van der Waals surface area contributed by atoms with E-state index < -0.39 is 12.0 Å². The third-order valence-electron chi connectivity index (χ3n) is 3.66. The molecular formula is C17H21FN2O3. The minimum Gasteiger partial charge on any atom is -0.480 e. The fourth-order valence-electron chi connectivity index (χ4n) is 2.53. The first kappa shape index (κ1) is 17.0. The van der Waals surface area contributed by atoms with Crippen molar-refractivity contribution in [3.05, 3.63) is 36.3 Å². The van der Waals surface area contributed by atoms with E-state index in [2.05, 4.69) is 5.32 Å². The highest BCUT2D eigenvalue weighted by Crippen LogP contribution is 2.17. The van der Waals surface area contributed by atoms with E-state index in [1.54, 1.807) is 16.8 Å². The highest BCUT2D eigenvalue weighted by atomic mass is 19.1. The number of aliphatic carboxylic acids is 1. The minimum absolute atomic E-state index is 0.141. The number of hydrogen-bond acceptors (Lipinski definition) is 2. The first-order valence-electron chi connectivity index (χ1n) is 7.63. The summed E-state index contributed by atoms with van der Waals surface area (Å²) in [6.07, 6.45) is 2.32. The normalized spacial score (nSPS) is 12.5. The zero-order valence-electron chi connectivity index (χ0n) is 13.3. The van der Waals surface area contributed by atoms with Crippen molar-refractivity contribution >= 4 is 22.8 Å². The van der Waals surface area contributed by atoms with Crippen LogP contribution >= 0.6 is 0 Å². The summed E-state index contributed by atoms with van der Waals surface area (Å²) in [4.78, 5) is 23.1. The molecule has 2 N–H and O–H groups in total. The summed E-state index contributed by atoms with van der Waals surface area (Å²) >= 11 is 0. The maximum absolute atomic E-state index is 13.3. The summed E-state index contributed by atoms with van der Waals surface area (Å²) in [5.74, 6) is -1.51. The number of carbonyl (C=O) groups is 2. The monoisotopic (exact) mass is 320 g/mol. The van der Waals surface area contributed by atoms with Crippen molar-refractivity contribution in [1.82, 2.24) is 9.88 Å². The van der Waals surface area contributed by atoms with Gasteiger partial charge in [-0.2, -0.15) is 0 Å². The minimum atomic E-state index is -1.03. The van der Waals surface area contributed by atoms with Crippen LogP contribution < -0.4 is 5.32 Å². The van der Waals surface area contributed by atoms with Gasteiger partial charge >= 0.3 is 5.97 Å². The van der Waals surface area contributed by atoms with Crippen LogP contribution in [0.1, 0.15) is 26.7 Å². The molecule has 5 nitrogen and oxygen atoms in total. The molecule has 23 heavy (non-hydrogen) atoms. The van der Waals surface area contributed by atoms with Gasteiger partial charge < -0.3 is 15.0 Å². The number of carboxylic acids is 1. The van der Waals surface area contributed by atoms with Crippen LogP contribution in [0.3, 0.4) is 0 Å². The average Bonchev–Trinajstić information content (AvgIpc) is 2.86. The van der Waals surface area contributed by atoms with Crippen LogP contribution in [0.2, 0.25) is 0 Å². The van der Waals surface area contributed by atoms with Crippen LogP contribution in [0.4, 0.5) is 4.39 Å². The quantitative estimate of drug-likeness (QED) is 0.824. The van der Waals surface area contributed by atoms with Crippen molar-refractivity contribution in [2.45, 2.75) is 39.3 Å². The number of rotatable bonds is 7. The number of nitrogens with one attached hydrogen (secondary N) is 1. The van der Waals surface area contributed by atoms with E-state index in [1.807, 2.05) is 19.9 Å². The Kier molecular flexibility index (Phi) is 5.36. The second-order valence-corrected chi connectivity index (χ2v) is 6.05. The summed E-state index contributed by atoms with van der Waals surface area (Å²) in [6, 6.07) is 5.48. The Balaban J connectivity index is 1.97. The van der Waals surface area contributed by atoms with Gasteiger partial charge in [-0.1, -0.05) is 13.8 Å². The van der Waals surface area contributed by atoms with E-state index in [4.69, 9.17) is 5.11 Å². The van der Waals surface area contributed by atoms with Gasteiger partial charge in [-0.3, -0.25) is 4.79 Å². The van der Waals surface area contributed by atoms with Crippen molar-refractivity contribution in [2.24, 2.45) is 5.92 Å². The van der Waals surface area contributed by atoms with E-state index in [1.165, 1.54) is 12.1 Å². The Morgan fingerprint density at radius 3 is 2.70 bits per heavy atom. The average molecular weight is 320 g/mol. The molecule has 0 saturated carbocycles. The molecule has 1 aromatic carbocycles. The van der Waals surface area contributed by atoms with Crippen LogP contribution in [0.25, 0.3) is 10.9 Å². The molecule has 0 radical (unpaired) electrons. The number of halogens is 1. The highest BCUT2D eigenvalue weighted by molar-refractivity contribution is 5.84. The molecule has 1 atom stereocenters. The Morgan fingerprint density at radius 1 is 1.30 bits per heavy atom. The second kappa shape index (κ2) is 7.26. The molecule has 0 fully saturated rings. The van der Waals surface area contributed by atoms with Gasteiger partial charge in [0.2, 0.25) is 5.91 Å². The second-order valence-electron chi connectivity index (χ2n) is 6.05. The fraction of sp³-hybridized carbons (Fsp3) is 0.412. The molecule has 0 aliphatic rings. The number of hydrogen-bond donors (Lipinski definition) is 2. The van der Waals surface area contributed by atoms with Crippen molar-refractivity contribution in [3.63, 3.8) is 0 Å². The van der Waals surface area contributed by atoms with Crippen LogP contribution in [-0.2, 0) is 16.1 Å². The molecule has 1 heterocycles. The van der Waals surface area contributed by atoms with Gasteiger partial charge in [0.1, 0.15) is 11.9 Å². The van der Waals surface area contributed by atoms with Crippen LogP contribution in [-0.4, -0.2) is 27.6 Å². The topological polar surface area (TPSA) is 71.3 Å². The molecule has 2 aromatic rings. The van der Waals surface area contributed by atoms with Gasteiger partial charge in [-0.05, 0) is 42.0 Å². The van der Waals surface area contributed by atoms with Crippen LogP contribution in [0.5, 0.6) is 0 Å². The lowest BCUT2D eigenvalue weighted by molar-refractivity contribution is -0.142. The molecule has 1 amide bonds. The molecule has 6 heteroatoms. The van der Waals surface area contributed by atoms with E-state index in [-0.39, 0.29) is 24.1 Å². The number of carboxylic acid groups (broad SMARTS) is 1. The molecule has 0 aliphatic carbocycles. The van der Waals surface area contributed by atoms with Crippen molar-refractivity contribution < 1.29 is 19.1 Å². The van der Waals surface area contributed by atoms with Gasteiger partial charge in [0.05, 0.1) is 5.52 Å². The SMILES string of the molecule is CC(C)C[C@H](NC(=O)CCn1ccc2ccc(F)cc21)C(=O)O.